The second-order valence-electron chi connectivity index (χ2n) is 5.54. The molecule has 1 N–H and O–H groups in total. The van der Waals surface area contributed by atoms with Crippen molar-refractivity contribution in [3.63, 3.8) is 0 Å². The van der Waals surface area contributed by atoms with Crippen molar-refractivity contribution >= 4 is 11.0 Å². The quantitative estimate of drug-likeness (QED) is 0.567. The number of nitrogens with zero attached hydrogens (tertiary/aromatic N) is 1. The Kier molecular flexibility index (Phi) is 3.04. The lowest BCUT2D eigenvalue weighted by Gasteiger charge is -2.02. The fraction of sp³-hybridized carbons (Fsp3) is 0.105. The van der Waals surface area contributed by atoms with Crippen LogP contribution < -0.4 is 4.57 Å². The summed E-state index contributed by atoms with van der Waals surface area (Å²) in [5, 5.41) is 0. The van der Waals surface area contributed by atoms with E-state index in [9.17, 15) is 0 Å². The summed E-state index contributed by atoms with van der Waals surface area (Å²) in [7, 11) is 0. The van der Waals surface area contributed by atoms with Gasteiger partial charge in [0.2, 0.25) is 5.76 Å². The summed E-state index contributed by atoms with van der Waals surface area (Å²) in [5.41, 5.74) is 4.84. The molecular weight excluding hydrogens is 272 g/mol. The van der Waals surface area contributed by atoms with Crippen LogP contribution in [0.2, 0.25) is 0 Å². The van der Waals surface area contributed by atoms with Gasteiger partial charge in [0, 0.05) is 0 Å². The maximum Gasteiger partial charge on any atom is 0.324 e. The Morgan fingerprint density at radius 1 is 0.955 bits per heavy atom. The molecule has 4 aromatic rings. The Balaban J connectivity index is 1.87. The first-order valence-electron chi connectivity index (χ1n) is 7.41. The number of imidazole rings is 1. The van der Waals surface area contributed by atoms with Crippen LogP contribution in [0.3, 0.4) is 0 Å². The number of aryl methyl sites for hydroxylation is 1. The Morgan fingerprint density at radius 3 is 2.55 bits per heavy atom. The van der Waals surface area contributed by atoms with Gasteiger partial charge in [-0.05, 0) is 36.8 Å². The van der Waals surface area contributed by atoms with E-state index in [1.807, 2.05) is 18.2 Å². The highest BCUT2D eigenvalue weighted by Gasteiger charge is 2.22. The van der Waals surface area contributed by atoms with Gasteiger partial charge in [-0.1, -0.05) is 42.0 Å². The molecule has 0 unspecified atom stereocenters. The second kappa shape index (κ2) is 5.19. The Hall–Kier alpha value is -2.81. The zero-order valence-corrected chi connectivity index (χ0v) is 12.4. The smallest absolute Gasteiger partial charge is 0.324 e. The van der Waals surface area contributed by atoms with Crippen LogP contribution in [0.25, 0.3) is 22.6 Å². The number of fused-ring (bicyclic) bond motifs is 1. The number of furan rings is 1. The minimum Gasteiger partial charge on any atom is -0.456 e. The molecule has 2 aromatic heterocycles. The van der Waals surface area contributed by atoms with Gasteiger partial charge in [-0.3, -0.25) is 0 Å². The number of nitrogens with one attached hydrogen (secondary N) is 1. The molecule has 0 spiro atoms. The molecule has 4 rings (SSSR count). The fourth-order valence-corrected chi connectivity index (χ4v) is 2.78. The molecule has 0 aliphatic rings. The summed E-state index contributed by atoms with van der Waals surface area (Å²) in [6.07, 6.45) is 1.71. The van der Waals surface area contributed by atoms with Crippen molar-refractivity contribution in [3.05, 3.63) is 78.1 Å². The lowest BCUT2D eigenvalue weighted by atomic mass is 10.1. The van der Waals surface area contributed by atoms with E-state index < -0.39 is 0 Å². The van der Waals surface area contributed by atoms with Crippen LogP contribution >= 0.6 is 0 Å². The normalized spacial score (nSPS) is 11.1. The number of benzene rings is 2. The number of para-hydroxylation sites is 2. The molecule has 0 aliphatic carbocycles. The Bertz CT molecular complexity index is 902. The molecule has 22 heavy (non-hydrogen) atoms. The van der Waals surface area contributed by atoms with Crippen molar-refractivity contribution in [2.24, 2.45) is 0 Å². The van der Waals surface area contributed by atoms with E-state index in [1.165, 1.54) is 16.6 Å². The summed E-state index contributed by atoms with van der Waals surface area (Å²) in [5.74, 6) is 1.84. The van der Waals surface area contributed by atoms with Crippen molar-refractivity contribution in [2.45, 2.75) is 13.5 Å². The standard InChI is InChI=1S/C19H16N2O/c1-14-8-10-15(11-9-14)13-21-17-6-3-2-5-16(17)20-19(21)18-7-4-12-22-18/h2-12H,13H2,1H3/p+1. The third kappa shape index (κ3) is 2.21. The summed E-state index contributed by atoms with van der Waals surface area (Å²) in [6.45, 7) is 2.91. The van der Waals surface area contributed by atoms with Crippen LogP contribution in [0.1, 0.15) is 11.1 Å². The zero-order chi connectivity index (χ0) is 14.9. The Labute approximate surface area is 128 Å². The van der Waals surface area contributed by atoms with E-state index in [0.29, 0.717) is 0 Å². The zero-order valence-electron chi connectivity index (χ0n) is 12.4. The van der Waals surface area contributed by atoms with E-state index in [2.05, 4.69) is 58.9 Å². The van der Waals surface area contributed by atoms with Crippen LogP contribution in [-0.2, 0) is 6.54 Å². The number of aromatic nitrogens is 2. The van der Waals surface area contributed by atoms with E-state index in [1.54, 1.807) is 6.26 Å². The predicted molar refractivity (Wildman–Crippen MR) is 86.5 cm³/mol. The fourth-order valence-electron chi connectivity index (χ4n) is 2.78. The van der Waals surface area contributed by atoms with Gasteiger partial charge < -0.3 is 4.42 Å². The Morgan fingerprint density at radius 2 is 1.77 bits per heavy atom. The van der Waals surface area contributed by atoms with Crippen LogP contribution in [0.15, 0.2) is 71.3 Å². The molecule has 3 heteroatoms. The molecule has 0 saturated heterocycles. The van der Waals surface area contributed by atoms with Crippen molar-refractivity contribution in [1.82, 2.24) is 4.98 Å². The lowest BCUT2D eigenvalue weighted by Crippen LogP contribution is -2.35. The predicted octanol–water partition coefficient (Wildman–Crippen LogP) is 4.07. The van der Waals surface area contributed by atoms with Crippen molar-refractivity contribution in [2.75, 3.05) is 0 Å². The van der Waals surface area contributed by atoms with Gasteiger partial charge >= 0.3 is 5.82 Å². The van der Waals surface area contributed by atoms with Gasteiger partial charge in [-0.25, -0.2) is 9.55 Å². The third-order valence-corrected chi connectivity index (χ3v) is 3.93. The molecular formula is C19H17N2O+. The summed E-state index contributed by atoms with van der Waals surface area (Å²) >= 11 is 0. The molecule has 3 nitrogen and oxygen atoms in total. The van der Waals surface area contributed by atoms with Gasteiger partial charge in [0.15, 0.2) is 11.0 Å². The van der Waals surface area contributed by atoms with Crippen molar-refractivity contribution in [1.29, 1.82) is 0 Å². The highest BCUT2D eigenvalue weighted by molar-refractivity contribution is 5.73. The van der Waals surface area contributed by atoms with Gasteiger partial charge in [0.25, 0.3) is 0 Å². The average Bonchev–Trinajstić information content (AvgIpc) is 3.18. The van der Waals surface area contributed by atoms with E-state index >= 15 is 0 Å². The van der Waals surface area contributed by atoms with E-state index in [-0.39, 0.29) is 0 Å². The number of rotatable bonds is 3. The SMILES string of the molecule is Cc1ccc(C[n+]2c(-c3ccco3)[nH]c3ccccc32)cc1. The van der Waals surface area contributed by atoms with Gasteiger partial charge in [-0.2, -0.15) is 0 Å². The molecule has 2 aromatic carbocycles. The van der Waals surface area contributed by atoms with Crippen LogP contribution in [-0.4, -0.2) is 4.98 Å². The molecule has 0 fully saturated rings. The number of hydrogen-bond donors (Lipinski definition) is 1. The molecule has 0 atom stereocenters. The molecule has 0 saturated carbocycles. The summed E-state index contributed by atoms with van der Waals surface area (Å²) in [4.78, 5) is 3.47. The highest BCUT2D eigenvalue weighted by Crippen LogP contribution is 2.20. The largest absolute Gasteiger partial charge is 0.456 e. The first-order chi connectivity index (χ1) is 10.8. The maximum absolute atomic E-state index is 5.59. The molecule has 0 radical (unpaired) electrons. The van der Waals surface area contributed by atoms with Crippen molar-refractivity contribution < 1.29 is 8.98 Å². The minimum atomic E-state index is 0.806. The van der Waals surface area contributed by atoms with Crippen LogP contribution in [0.5, 0.6) is 0 Å². The van der Waals surface area contributed by atoms with Gasteiger partial charge in [0.1, 0.15) is 6.54 Å². The summed E-state index contributed by atoms with van der Waals surface area (Å²) in [6, 6.07) is 20.9. The molecule has 0 bridgehead atoms. The van der Waals surface area contributed by atoms with Gasteiger partial charge in [-0.15, -0.1) is 0 Å². The molecule has 2 heterocycles. The van der Waals surface area contributed by atoms with Crippen LogP contribution in [0.4, 0.5) is 0 Å². The number of H-pyrrole nitrogens is 1. The highest BCUT2D eigenvalue weighted by atomic mass is 16.3. The number of aromatic amines is 1. The van der Waals surface area contributed by atoms with Gasteiger partial charge in [0.05, 0.1) is 6.26 Å². The topological polar surface area (TPSA) is 32.8 Å². The first kappa shape index (κ1) is 12.9. The minimum absolute atomic E-state index is 0.806. The maximum atomic E-state index is 5.59. The monoisotopic (exact) mass is 289 g/mol. The lowest BCUT2D eigenvalue weighted by molar-refractivity contribution is -0.651. The molecule has 0 aliphatic heterocycles. The third-order valence-electron chi connectivity index (χ3n) is 3.93. The summed E-state index contributed by atoms with van der Waals surface area (Å²) < 4.78 is 7.86. The van der Waals surface area contributed by atoms with E-state index in [4.69, 9.17) is 4.42 Å². The molecule has 0 amide bonds. The molecule has 108 valence electrons. The first-order valence-corrected chi connectivity index (χ1v) is 7.41. The average molecular weight is 289 g/mol. The second-order valence-corrected chi connectivity index (χ2v) is 5.54. The van der Waals surface area contributed by atoms with E-state index in [0.717, 1.165) is 23.6 Å². The number of hydrogen-bond acceptors (Lipinski definition) is 1. The van der Waals surface area contributed by atoms with Crippen molar-refractivity contribution in [3.8, 4) is 11.6 Å². The van der Waals surface area contributed by atoms with Crippen LogP contribution in [0, 0.1) is 6.92 Å².